The van der Waals surface area contributed by atoms with Gasteiger partial charge in [-0.2, -0.15) is 12.6 Å². The van der Waals surface area contributed by atoms with Crippen LogP contribution in [0.1, 0.15) is 0 Å². The maximum Gasteiger partial charge on any atom is 1.00 e. The Morgan fingerprint density at radius 2 is 2.00 bits per heavy atom. The van der Waals surface area contributed by atoms with Crippen LogP contribution in [0, 0.1) is 0 Å². The quantitative estimate of drug-likeness (QED) is 0.227. The second-order valence-electron chi connectivity index (χ2n) is 0.530. The minimum Gasteiger partial charge on any atom is -0.867 e. The van der Waals surface area contributed by atoms with Crippen LogP contribution in [-0.2, 0) is 0 Å². The Hall–Kier alpha value is 1.24. The summed E-state index contributed by atoms with van der Waals surface area (Å²) in [5, 5.41) is 9.25. The van der Waals surface area contributed by atoms with Gasteiger partial charge in [0.2, 0.25) is 0 Å². The second-order valence-corrected chi connectivity index (χ2v) is 1.30. The van der Waals surface area contributed by atoms with Crippen LogP contribution in [0.15, 0.2) is 0 Å². The second kappa shape index (κ2) is 6.24. The van der Waals surface area contributed by atoms with Crippen LogP contribution in [-0.4, -0.2) is 10.8 Å². The van der Waals surface area contributed by atoms with Gasteiger partial charge in [0, 0.05) is 5.75 Å². The van der Waals surface area contributed by atoms with Crippen molar-refractivity contribution in [2.45, 2.75) is 0 Å². The summed E-state index contributed by atoms with van der Waals surface area (Å²) >= 11 is 7.63. The molecule has 0 saturated heterocycles. The number of thiol groups is 1. The number of thiocarbonyl (C=S) groups is 1. The van der Waals surface area contributed by atoms with Crippen LogP contribution in [0.5, 0.6) is 0 Å². The molecule has 0 aliphatic rings. The number of hydrogen-bond donors (Lipinski definition) is 1. The molecule has 0 saturated carbocycles. The molecule has 0 spiro atoms. The molecule has 0 rings (SSSR count). The fourth-order valence-corrected chi connectivity index (χ4v) is 0. The Morgan fingerprint density at radius 3 is 2.00 bits per heavy atom. The Bertz CT molecular complexity index is 46.8. The summed E-state index contributed by atoms with van der Waals surface area (Å²) in [6, 6.07) is 0. The van der Waals surface area contributed by atoms with E-state index in [2.05, 4.69) is 24.8 Å². The zero-order valence-corrected chi connectivity index (χ0v) is 7.18. The van der Waals surface area contributed by atoms with E-state index >= 15 is 0 Å². The molecule has 0 aromatic rings. The molecular formula is C2H3NaOS2. The van der Waals surface area contributed by atoms with Gasteiger partial charge in [-0.1, -0.05) is 5.05 Å². The van der Waals surface area contributed by atoms with Crippen molar-refractivity contribution in [1.29, 1.82) is 0 Å². The summed E-state index contributed by atoms with van der Waals surface area (Å²) in [5.41, 5.74) is 0. The van der Waals surface area contributed by atoms with Crippen LogP contribution in [0.25, 0.3) is 0 Å². The van der Waals surface area contributed by atoms with Gasteiger partial charge in [0.25, 0.3) is 0 Å². The summed E-state index contributed by atoms with van der Waals surface area (Å²) in [4.78, 5) is 0. The molecule has 0 N–H and O–H groups in total. The molecule has 0 aliphatic carbocycles. The van der Waals surface area contributed by atoms with Gasteiger partial charge >= 0.3 is 29.6 Å². The maximum absolute atomic E-state index is 9.55. The number of hydrogen-bond acceptors (Lipinski definition) is 3. The van der Waals surface area contributed by atoms with Gasteiger partial charge in [-0.3, -0.25) is 0 Å². The van der Waals surface area contributed by atoms with Crippen molar-refractivity contribution >= 4 is 29.9 Å². The van der Waals surface area contributed by atoms with Crippen molar-refractivity contribution in [1.82, 2.24) is 0 Å². The van der Waals surface area contributed by atoms with E-state index in [1.54, 1.807) is 0 Å². The van der Waals surface area contributed by atoms with Crippen LogP contribution in [0.2, 0.25) is 0 Å². The molecule has 0 atom stereocenters. The summed E-state index contributed by atoms with van der Waals surface area (Å²) in [7, 11) is 0. The predicted molar refractivity (Wildman–Crippen MR) is 26.5 cm³/mol. The van der Waals surface area contributed by atoms with Crippen LogP contribution in [0.3, 0.4) is 0 Å². The molecule has 0 aromatic carbocycles. The first-order valence-corrected chi connectivity index (χ1v) is 2.12. The Balaban J connectivity index is 0. The van der Waals surface area contributed by atoms with E-state index in [0.29, 0.717) is 0 Å². The van der Waals surface area contributed by atoms with Crippen LogP contribution >= 0.6 is 24.8 Å². The molecule has 0 heterocycles. The van der Waals surface area contributed by atoms with Gasteiger partial charge in [-0.15, -0.1) is 12.2 Å². The van der Waals surface area contributed by atoms with Crippen molar-refractivity contribution in [2.24, 2.45) is 0 Å². The fourth-order valence-electron chi connectivity index (χ4n) is 0. The van der Waals surface area contributed by atoms with E-state index in [4.69, 9.17) is 0 Å². The largest absolute Gasteiger partial charge is 1.00 e. The van der Waals surface area contributed by atoms with Crippen LogP contribution in [0.4, 0.5) is 0 Å². The number of rotatable bonds is 1. The van der Waals surface area contributed by atoms with Crippen molar-refractivity contribution in [3.8, 4) is 0 Å². The molecule has 0 amide bonds. The average molecular weight is 130 g/mol. The molecule has 1 nitrogen and oxygen atoms in total. The van der Waals surface area contributed by atoms with Gasteiger partial charge in [0.15, 0.2) is 0 Å². The minimum absolute atomic E-state index is 0. The molecule has 0 bridgehead atoms. The molecular weight excluding hydrogens is 127 g/mol. The first kappa shape index (κ1) is 10.3. The third kappa shape index (κ3) is 8.97. The average Bonchev–Trinajstić information content (AvgIpc) is 1.38. The Morgan fingerprint density at radius 1 is 1.83 bits per heavy atom. The third-order valence-electron chi connectivity index (χ3n) is 0.129. The van der Waals surface area contributed by atoms with Crippen molar-refractivity contribution in [2.75, 3.05) is 5.75 Å². The monoisotopic (exact) mass is 130 g/mol. The Kier molecular flexibility index (Phi) is 10.7. The molecule has 30 valence electrons. The van der Waals surface area contributed by atoms with E-state index in [1.165, 1.54) is 0 Å². The van der Waals surface area contributed by atoms with Crippen molar-refractivity contribution < 1.29 is 34.7 Å². The van der Waals surface area contributed by atoms with Gasteiger partial charge < -0.3 is 5.11 Å². The van der Waals surface area contributed by atoms with E-state index in [9.17, 15) is 5.11 Å². The minimum atomic E-state index is -0.298. The third-order valence-corrected chi connectivity index (χ3v) is 0.775. The summed E-state index contributed by atoms with van der Waals surface area (Å²) in [6.45, 7) is 0. The summed E-state index contributed by atoms with van der Waals surface area (Å²) < 4.78 is 0. The molecule has 0 fully saturated rings. The van der Waals surface area contributed by atoms with E-state index < -0.39 is 0 Å². The SMILES string of the molecule is [Na+].[O-]C(=S)CS. The molecule has 4 heteroatoms. The Labute approximate surface area is 69.8 Å². The molecule has 0 radical (unpaired) electrons. The standard InChI is InChI=1S/C2H4OS2.Na/c3-2(5)1-4;/h4H,1H2,(H,3,5);/q;+1/p-1. The predicted octanol–water partition coefficient (Wildman–Crippen LogP) is -3.39. The van der Waals surface area contributed by atoms with Gasteiger partial charge in [-0.25, -0.2) is 0 Å². The van der Waals surface area contributed by atoms with Gasteiger partial charge in [0.05, 0.1) is 0 Å². The van der Waals surface area contributed by atoms with Gasteiger partial charge in [-0.05, 0) is 0 Å². The summed E-state index contributed by atoms with van der Waals surface area (Å²) in [6.07, 6.45) is 0. The van der Waals surface area contributed by atoms with Gasteiger partial charge in [0.1, 0.15) is 0 Å². The smallest absolute Gasteiger partial charge is 0.867 e. The zero-order chi connectivity index (χ0) is 4.28. The van der Waals surface area contributed by atoms with E-state index in [0.717, 1.165) is 0 Å². The normalized spacial score (nSPS) is 6.17. The van der Waals surface area contributed by atoms with Crippen LogP contribution < -0.4 is 34.7 Å². The molecule has 6 heavy (non-hydrogen) atoms. The zero-order valence-electron chi connectivity index (χ0n) is 3.47. The maximum atomic E-state index is 9.55. The van der Waals surface area contributed by atoms with Crippen molar-refractivity contribution in [3.05, 3.63) is 0 Å². The molecule has 0 unspecified atom stereocenters. The van der Waals surface area contributed by atoms with E-state index in [1.807, 2.05) is 0 Å². The summed E-state index contributed by atoms with van der Waals surface area (Å²) in [5.74, 6) is 0.176. The molecule has 0 aromatic heterocycles. The first-order valence-electron chi connectivity index (χ1n) is 1.08. The fraction of sp³-hybridized carbons (Fsp3) is 0.500. The van der Waals surface area contributed by atoms with Crippen molar-refractivity contribution in [3.63, 3.8) is 0 Å². The molecule has 0 aliphatic heterocycles. The topological polar surface area (TPSA) is 23.1 Å². The first-order chi connectivity index (χ1) is 2.27. The van der Waals surface area contributed by atoms with E-state index in [-0.39, 0.29) is 40.4 Å².